The zero-order chi connectivity index (χ0) is 16.7. The molecule has 3 aromatic rings. The summed E-state index contributed by atoms with van der Waals surface area (Å²) in [5, 5.41) is 14.6. The lowest BCUT2D eigenvalue weighted by Crippen LogP contribution is -2.25. The van der Waals surface area contributed by atoms with E-state index in [-0.39, 0.29) is 17.2 Å². The van der Waals surface area contributed by atoms with Crippen LogP contribution in [0.15, 0.2) is 35.6 Å². The van der Waals surface area contributed by atoms with Gasteiger partial charge in [-0.25, -0.2) is 9.67 Å². The van der Waals surface area contributed by atoms with Crippen molar-refractivity contribution in [2.45, 2.75) is 19.4 Å². The second kappa shape index (κ2) is 5.49. The van der Waals surface area contributed by atoms with E-state index in [0.717, 1.165) is 35.1 Å². The number of nitrogens with one attached hydrogen (secondary N) is 1. The van der Waals surface area contributed by atoms with Crippen molar-refractivity contribution in [1.82, 2.24) is 19.7 Å². The van der Waals surface area contributed by atoms with Crippen molar-refractivity contribution in [3.05, 3.63) is 52.3 Å². The first-order valence-electron chi connectivity index (χ1n) is 7.83. The van der Waals surface area contributed by atoms with Crippen LogP contribution < -0.4 is 10.5 Å². The first-order valence-corrected chi connectivity index (χ1v) is 7.83. The highest BCUT2D eigenvalue weighted by molar-refractivity contribution is 5.95. The number of anilines is 1. The number of benzene rings is 1. The SMILES string of the molecule is Cc1ccc2[nH]c(=O)c(C#N)c(N3CC[C@@H](n4cncn4)C3)c2c1. The number of rotatable bonds is 2. The Balaban J connectivity index is 1.85. The average molecular weight is 320 g/mol. The number of pyridine rings is 1. The van der Waals surface area contributed by atoms with E-state index in [1.807, 2.05) is 29.8 Å². The molecule has 0 saturated carbocycles. The Labute approximate surface area is 138 Å². The maximum atomic E-state index is 12.3. The molecule has 1 saturated heterocycles. The van der Waals surface area contributed by atoms with Gasteiger partial charge in [-0.05, 0) is 25.5 Å². The van der Waals surface area contributed by atoms with E-state index < -0.39 is 0 Å². The van der Waals surface area contributed by atoms with Crippen LogP contribution >= 0.6 is 0 Å². The lowest BCUT2D eigenvalue weighted by Gasteiger charge is -2.22. The molecule has 7 heteroatoms. The van der Waals surface area contributed by atoms with E-state index >= 15 is 0 Å². The molecule has 1 fully saturated rings. The Morgan fingerprint density at radius 1 is 1.42 bits per heavy atom. The molecule has 0 aliphatic carbocycles. The van der Waals surface area contributed by atoms with Crippen LogP contribution in [0, 0.1) is 18.3 Å². The molecule has 1 atom stereocenters. The van der Waals surface area contributed by atoms with Crippen LogP contribution in [-0.4, -0.2) is 32.8 Å². The fourth-order valence-corrected chi connectivity index (χ4v) is 3.39. The number of H-pyrrole nitrogens is 1. The van der Waals surface area contributed by atoms with Gasteiger partial charge in [-0.2, -0.15) is 10.4 Å². The molecule has 0 spiro atoms. The van der Waals surface area contributed by atoms with Crippen LogP contribution in [0.3, 0.4) is 0 Å². The molecule has 1 aromatic carbocycles. The number of hydrogen-bond acceptors (Lipinski definition) is 5. The molecular formula is C17H16N6O. The third-order valence-corrected chi connectivity index (χ3v) is 4.54. The predicted octanol–water partition coefficient (Wildman–Crippen LogP) is 1.75. The maximum absolute atomic E-state index is 12.3. The van der Waals surface area contributed by atoms with Crippen molar-refractivity contribution in [2.75, 3.05) is 18.0 Å². The van der Waals surface area contributed by atoms with Gasteiger partial charge in [0.1, 0.15) is 24.3 Å². The molecule has 0 bridgehead atoms. The minimum atomic E-state index is -0.340. The highest BCUT2D eigenvalue weighted by atomic mass is 16.1. The lowest BCUT2D eigenvalue weighted by atomic mass is 10.1. The summed E-state index contributed by atoms with van der Waals surface area (Å²) in [4.78, 5) is 21.2. The van der Waals surface area contributed by atoms with Gasteiger partial charge in [-0.3, -0.25) is 4.79 Å². The normalized spacial score (nSPS) is 17.3. The predicted molar refractivity (Wildman–Crippen MR) is 89.9 cm³/mol. The zero-order valence-corrected chi connectivity index (χ0v) is 13.2. The summed E-state index contributed by atoms with van der Waals surface area (Å²) in [6.07, 6.45) is 4.13. The minimum Gasteiger partial charge on any atom is -0.368 e. The second-order valence-corrected chi connectivity index (χ2v) is 6.10. The van der Waals surface area contributed by atoms with Crippen LogP contribution in [-0.2, 0) is 0 Å². The number of nitrogens with zero attached hydrogens (tertiary/aromatic N) is 5. The fourth-order valence-electron chi connectivity index (χ4n) is 3.39. The van der Waals surface area contributed by atoms with Crippen LogP contribution in [0.2, 0.25) is 0 Å². The number of fused-ring (bicyclic) bond motifs is 1. The van der Waals surface area contributed by atoms with Crippen molar-refractivity contribution in [3.63, 3.8) is 0 Å². The molecule has 0 unspecified atom stereocenters. The molecule has 3 heterocycles. The van der Waals surface area contributed by atoms with Crippen molar-refractivity contribution in [3.8, 4) is 6.07 Å². The van der Waals surface area contributed by atoms with Gasteiger partial charge in [-0.1, -0.05) is 11.6 Å². The number of hydrogen-bond donors (Lipinski definition) is 1. The van der Waals surface area contributed by atoms with E-state index in [1.165, 1.54) is 6.33 Å². The summed E-state index contributed by atoms with van der Waals surface area (Å²) in [6.45, 7) is 3.47. The summed E-state index contributed by atoms with van der Waals surface area (Å²) >= 11 is 0. The van der Waals surface area contributed by atoms with E-state index in [4.69, 9.17) is 0 Å². The van der Waals surface area contributed by atoms with Crippen molar-refractivity contribution in [1.29, 1.82) is 5.26 Å². The molecule has 1 aliphatic rings. The Morgan fingerprint density at radius 3 is 3.04 bits per heavy atom. The third-order valence-electron chi connectivity index (χ3n) is 4.54. The van der Waals surface area contributed by atoms with Crippen molar-refractivity contribution in [2.24, 2.45) is 0 Å². The molecule has 24 heavy (non-hydrogen) atoms. The summed E-state index contributed by atoms with van der Waals surface area (Å²) in [6, 6.07) is 8.14. The number of aromatic nitrogens is 4. The molecule has 7 nitrogen and oxygen atoms in total. The fraction of sp³-hybridized carbons (Fsp3) is 0.294. The van der Waals surface area contributed by atoms with Gasteiger partial charge in [0.2, 0.25) is 0 Å². The van der Waals surface area contributed by atoms with E-state index in [1.54, 1.807) is 6.33 Å². The van der Waals surface area contributed by atoms with E-state index in [2.05, 4.69) is 26.0 Å². The van der Waals surface area contributed by atoms with Crippen LogP contribution in [0.25, 0.3) is 10.9 Å². The lowest BCUT2D eigenvalue weighted by molar-refractivity contribution is 0.493. The Hall–Kier alpha value is -3.14. The van der Waals surface area contributed by atoms with Gasteiger partial charge in [0, 0.05) is 18.5 Å². The Morgan fingerprint density at radius 2 is 2.29 bits per heavy atom. The van der Waals surface area contributed by atoms with E-state index in [0.29, 0.717) is 6.54 Å². The number of nitriles is 1. The van der Waals surface area contributed by atoms with Gasteiger partial charge in [0.25, 0.3) is 5.56 Å². The third kappa shape index (κ3) is 2.24. The highest BCUT2D eigenvalue weighted by Crippen LogP contribution is 2.33. The minimum absolute atomic E-state index is 0.173. The van der Waals surface area contributed by atoms with Crippen molar-refractivity contribution < 1.29 is 0 Å². The first-order chi connectivity index (χ1) is 11.7. The van der Waals surface area contributed by atoms with Gasteiger partial charge in [-0.15, -0.1) is 0 Å². The second-order valence-electron chi connectivity index (χ2n) is 6.10. The molecular weight excluding hydrogens is 304 g/mol. The first kappa shape index (κ1) is 14.5. The number of aromatic amines is 1. The molecule has 120 valence electrons. The molecule has 4 rings (SSSR count). The topological polar surface area (TPSA) is 90.6 Å². The maximum Gasteiger partial charge on any atom is 0.268 e. The Kier molecular flexibility index (Phi) is 3.31. The van der Waals surface area contributed by atoms with E-state index in [9.17, 15) is 10.1 Å². The quantitative estimate of drug-likeness (QED) is 0.777. The largest absolute Gasteiger partial charge is 0.368 e. The summed E-state index contributed by atoms with van der Waals surface area (Å²) < 4.78 is 1.84. The Bertz CT molecular complexity index is 998. The molecule has 0 amide bonds. The molecule has 0 radical (unpaired) electrons. The molecule has 1 aliphatic heterocycles. The number of aryl methyl sites for hydroxylation is 1. The summed E-state index contributed by atoms with van der Waals surface area (Å²) in [7, 11) is 0. The van der Waals surface area contributed by atoms with Gasteiger partial charge < -0.3 is 9.88 Å². The van der Waals surface area contributed by atoms with Crippen LogP contribution in [0.4, 0.5) is 5.69 Å². The smallest absolute Gasteiger partial charge is 0.268 e. The standard InChI is InChI=1S/C17H16N6O/c1-11-2-3-15-13(6-11)16(14(7-18)17(24)21-15)22-5-4-12(8-22)23-10-19-9-20-23/h2-3,6,9-10,12H,4-5,8H2,1H3,(H,21,24)/t12-/m1/s1. The monoisotopic (exact) mass is 320 g/mol. The van der Waals surface area contributed by atoms with Crippen molar-refractivity contribution >= 4 is 16.6 Å². The van der Waals surface area contributed by atoms with Gasteiger partial charge >= 0.3 is 0 Å². The molecule has 2 aromatic heterocycles. The van der Waals surface area contributed by atoms with Gasteiger partial charge in [0.05, 0.1) is 17.2 Å². The molecule has 1 N–H and O–H groups in total. The summed E-state index contributed by atoms with van der Waals surface area (Å²) in [5.41, 5.74) is 2.40. The zero-order valence-electron chi connectivity index (χ0n) is 13.2. The van der Waals surface area contributed by atoms with Gasteiger partial charge in [0.15, 0.2) is 0 Å². The average Bonchev–Trinajstić information content (AvgIpc) is 3.25. The van der Waals surface area contributed by atoms with Crippen LogP contribution in [0.1, 0.15) is 23.6 Å². The highest BCUT2D eigenvalue weighted by Gasteiger charge is 2.28. The van der Waals surface area contributed by atoms with Crippen LogP contribution in [0.5, 0.6) is 0 Å². The summed E-state index contributed by atoms with van der Waals surface area (Å²) in [5.74, 6) is 0.